The van der Waals surface area contributed by atoms with E-state index in [4.69, 9.17) is 4.74 Å². The number of rotatable bonds is 3. The van der Waals surface area contributed by atoms with E-state index in [9.17, 15) is 5.11 Å². The van der Waals surface area contributed by atoms with Crippen molar-refractivity contribution in [3.8, 4) is 11.5 Å². The normalized spacial score (nSPS) is 15.1. The van der Waals surface area contributed by atoms with Crippen molar-refractivity contribution in [2.75, 3.05) is 13.7 Å². The number of methoxy groups -OCH3 is 1. The van der Waals surface area contributed by atoms with E-state index < -0.39 is 0 Å². The van der Waals surface area contributed by atoms with Gasteiger partial charge in [0.2, 0.25) is 0 Å². The predicted octanol–water partition coefficient (Wildman–Crippen LogP) is 2.38. The molecule has 3 rings (SSSR count). The molecule has 0 aliphatic carbocycles. The highest BCUT2D eigenvalue weighted by Crippen LogP contribution is 2.35. The summed E-state index contributed by atoms with van der Waals surface area (Å²) in [5.41, 5.74) is 1.10. The van der Waals surface area contributed by atoms with Crippen LogP contribution in [0.15, 0.2) is 29.0 Å². The van der Waals surface area contributed by atoms with Gasteiger partial charge in [-0.05, 0) is 33.6 Å². The minimum atomic E-state index is 0.144. The molecule has 2 heterocycles. The SMILES string of the molecule is COc1cc(CN2CCn3ccnc3C2)cc(Br)c1O. The van der Waals surface area contributed by atoms with Gasteiger partial charge < -0.3 is 14.4 Å². The first-order valence-electron chi connectivity index (χ1n) is 6.45. The highest BCUT2D eigenvalue weighted by molar-refractivity contribution is 9.10. The third-order valence-corrected chi connectivity index (χ3v) is 4.14. The molecule has 1 aromatic heterocycles. The van der Waals surface area contributed by atoms with Crippen LogP contribution in [0.2, 0.25) is 0 Å². The van der Waals surface area contributed by atoms with E-state index in [2.05, 4.69) is 30.4 Å². The van der Waals surface area contributed by atoms with Gasteiger partial charge in [-0.1, -0.05) is 0 Å². The van der Waals surface area contributed by atoms with E-state index in [1.165, 1.54) is 0 Å². The Kier molecular flexibility index (Phi) is 3.67. The quantitative estimate of drug-likeness (QED) is 0.934. The van der Waals surface area contributed by atoms with Crippen molar-refractivity contribution in [1.82, 2.24) is 14.5 Å². The fourth-order valence-corrected chi connectivity index (χ4v) is 2.98. The molecule has 0 saturated carbocycles. The highest BCUT2D eigenvalue weighted by atomic mass is 79.9. The second kappa shape index (κ2) is 5.46. The largest absolute Gasteiger partial charge is 0.503 e. The summed E-state index contributed by atoms with van der Waals surface area (Å²) < 4.78 is 8.03. The number of phenolic OH excluding ortho intramolecular Hbond substituents is 1. The van der Waals surface area contributed by atoms with Crippen LogP contribution in [0, 0.1) is 0 Å². The van der Waals surface area contributed by atoms with Crippen LogP contribution >= 0.6 is 15.9 Å². The number of halogens is 1. The Hall–Kier alpha value is -1.53. The molecule has 20 heavy (non-hydrogen) atoms. The van der Waals surface area contributed by atoms with Gasteiger partial charge in [0, 0.05) is 32.0 Å². The molecular formula is C14H16BrN3O2. The molecule has 6 heteroatoms. The van der Waals surface area contributed by atoms with Crippen molar-refractivity contribution in [3.05, 3.63) is 40.4 Å². The highest BCUT2D eigenvalue weighted by Gasteiger charge is 2.17. The van der Waals surface area contributed by atoms with E-state index in [-0.39, 0.29) is 5.75 Å². The average Bonchev–Trinajstić information content (AvgIpc) is 2.90. The Bertz CT molecular complexity index is 627. The van der Waals surface area contributed by atoms with Gasteiger partial charge in [0.25, 0.3) is 0 Å². The Labute approximate surface area is 125 Å². The first-order chi connectivity index (χ1) is 9.67. The zero-order chi connectivity index (χ0) is 14.1. The maximum absolute atomic E-state index is 9.83. The van der Waals surface area contributed by atoms with Gasteiger partial charge in [0.15, 0.2) is 11.5 Å². The molecule has 1 N–H and O–H groups in total. The van der Waals surface area contributed by atoms with Crippen LogP contribution < -0.4 is 4.74 Å². The minimum Gasteiger partial charge on any atom is -0.503 e. The fourth-order valence-electron chi connectivity index (χ4n) is 2.49. The second-order valence-electron chi connectivity index (χ2n) is 4.88. The van der Waals surface area contributed by atoms with Gasteiger partial charge >= 0.3 is 0 Å². The number of nitrogens with zero attached hydrogens (tertiary/aromatic N) is 3. The van der Waals surface area contributed by atoms with Crippen LogP contribution in [0.3, 0.4) is 0 Å². The summed E-state index contributed by atoms with van der Waals surface area (Å²) in [6.45, 7) is 3.60. The van der Waals surface area contributed by atoms with Crippen molar-refractivity contribution in [1.29, 1.82) is 0 Å². The van der Waals surface area contributed by atoms with Gasteiger partial charge in [0.05, 0.1) is 18.1 Å². The lowest BCUT2D eigenvalue weighted by molar-refractivity contribution is 0.208. The third kappa shape index (κ3) is 2.53. The Morgan fingerprint density at radius 1 is 1.40 bits per heavy atom. The van der Waals surface area contributed by atoms with Crippen LogP contribution in [-0.2, 0) is 19.6 Å². The fraction of sp³-hybridized carbons (Fsp3) is 0.357. The molecule has 0 saturated heterocycles. The summed E-state index contributed by atoms with van der Waals surface area (Å²) in [7, 11) is 1.56. The number of ether oxygens (including phenoxy) is 1. The van der Waals surface area contributed by atoms with Crippen molar-refractivity contribution < 1.29 is 9.84 Å². The van der Waals surface area contributed by atoms with Crippen LogP contribution in [0.5, 0.6) is 11.5 Å². The number of aromatic nitrogens is 2. The summed E-state index contributed by atoms with van der Waals surface area (Å²) in [5, 5.41) is 9.83. The van der Waals surface area contributed by atoms with E-state index in [1.807, 2.05) is 24.5 Å². The molecule has 106 valence electrons. The van der Waals surface area contributed by atoms with E-state index in [0.29, 0.717) is 10.2 Å². The predicted molar refractivity (Wildman–Crippen MR) is 78.7 cm³/mol. The summed E-state index contributed by atoms with van der Waals surface area (Å²) >= 11 is 3.36. The van der Waals surface area contributed by atoms with Gasteiger partial charge in [-0.25, -0.2) is 4.98 Å². The zero-order valence-corrected chi connectivity index (χ0v) is 12.8. The number of hydrogen-bond donors (Lipinski definition) is 1. The van der Waals surface area contributed by atoms with Gasteiger partial charge in [-0.15, -0.1) is 0 Å². The molecule has 0 bridgehead atoms. The van der Waals surface area contributed by atoms with Crippen LogP contribution in [0.1, 0.15) is 11.4 Å². The van der Waals surface area contributed by atoms with Crippen molar-refractivity contribution in [3.63, 3.8) is 0 Å². The van der Waals surface area contributed by atoms with Crippen LogP contribution in [-0.4, -0.2) is 33.2 Å². The van der Waals surface area contributed by atoms with Crippen LogP contribution in [0.4, 0.5) is 0 Å². The molecule has 1 aromatic carbocycles. The molecule has 2 aromatic rings. The van der Waals surface area contributed by atoms with E-state index in [1.54, 1.807) is 7.11 Å². The number of aromatic hydroxyl groups is 1. The topological polar surface area (TPSA) is 50.5 Å². The molecule has 0 spiro atoms. The lowest BCUT2D eigenvalue weighted by Gasteiger charge is -2.27. The molecular weight excluding hydrogens is 322 g/mol. The maximum atomic E-state index is 9.83. The average molecular weight is 338 g/mol. The summed E-state index contributed by atoms with van der Waals surface area (Å²) in [6.07, 6.45) is 3.87. The van der Waals surface area contributed by atoms with Gasteiger partial charge in [-0.2, -0.15) is 0 Å². The standard InChI is InChI=1S/C14H16BrN3O2/c1-20-12-7-10(6-11(15)14(12)19)8-17-4-5-18-3-2-16-13(18)9-17/h2-3,6-7,19H,4-5,8-9H2,1H3. The van der Waals surface area contributed by atoms with Crippen molar-refractivity contribution in [2.45, 2.75) is 19.6 Å². The number of imidazole rings is 1. The summed E-state index contributed by atoms with van der Waals surface area (Å²) in [5.74, 6) is 1.74. The summed E-state index contributed by atoms with van der Waals surface area (Å²) in [6, 6.07) is 3.81. The monoisotopic (exact) mass is 337 g/mol. The smallest absolute Gasteiger partial charge is 0.172 e. The summed E-state index contributed by atoms with van der Waals surface area (Å²) in [4.78, 5) is 6.70. The third-order valence-electron chi connectivity index (χ3n) is 3.54. The lowest BCUT2D eigenvalue weighted by Crippen LogP contribution is -2.33. The van der Waals surface area contributed by atoms with Crippen LogP contribution in [0.25, 0.3) is 0 Å². The molecule has 0 amide bonds. The number of phenols is 1. The van der Waals surface area contributed by atoms with Gasteiger partial charge in [-0.3, -0.25) is 4.90 Å². The Morgan fingerprint density at radius 3 is 3.05 bits per heavy atom. The minimum absolute atomic E-state index is 0.144. The number of fused-ring (bicyclic) bond motifs is 1. The Balaban J connectivity index is 1.77. The van der Waals surface area contributed by atoms with Crippen molar-refractivity contribution >= 4 is 15.9 Å². The first kappa shape index (κ1) is 13.5. The Morgan fingerprint density at radius 2 is 2.25 bits per heavy atom. The van der Waals surface area contributed by atoms with E-state index in [0.717, 1.165) is 37.6 Å². The lowest BCUT2D eigenvalue weighted by atomic mass is 10.1. The first-order valence-corrected chi connectivity index (χ1v) is 7.24. The molecule has 5 nitrogen and oxygen atoms in total. The number of benzene rings is 1. The molecule has 0 radical (unpaired) electrons. The molecule has 0 fully saturated rings. The second-order valence-corrected chi connectivity index (χ2v) is 5.73. The molecule has 0 unspecified atom stereocenters. The molecule has 1 aliphatic rings. The van der Waals surface area contributed by atoms with Crippen molar-refractivity contribution in [2.24, 2.45) is 0 Å². The molecule has 1 aliphatic heterocycles. The van der Waals surface area contributed by atoms with Gasteiger partial charge in [0.1, 0.15) is 5.82 Å². The maximum Gasteiger partial charge on any atom is 0.172 e. The molecule has 0 atom stereocenters. The number of hydrogen-bond acceptors (Lipinski definition) is 4. The zero-order valence-electron chi connectivity index (χ0n) is 11.2. The van der Waals surface area contributed by atoms with E-state index >= 15 is 0 Å².